The molecule has 1 aliphatic carbocycles. The van der Waals surface area contributed by atoms with Crippen LogP contribution in [0.1, 0.15) is 12.5 Å². The highest BCUT2D eigenvalue weighted by Crippen LogP contribution is 2.13. The molecule has 0 saturated carbocycles. The van der Waals surface area contributed by atoms with Crippen molar-refractivity contribution < 1.29 is 0 Å². The lowest BCUT2D eigenvalue weighted by Gasteiger charge is -2.14. The van der Waals surface area contributed by atoms with E-state index in [1.807, 2.05) is 41.8 Å². The van der Waals surface area contributed by atoms with Crippen LogP contribution in [0, 0.1) is 6.92 Å². The second-order valence-electron chi connectivity index (χ2n) is 7.45. The quantitative estimate of drug-likeness (QED) is 0.615. The van der Waals surface area contributed by atoms with Gasteiger partial charge < -0.3 is 5.73 Å². The normalized spacial score (nSPS) is 24.3. The fraction of sp³-hybridized carbons (Fsp3) is 0.154. The van der Waals surface area contributed by atoms with Crippen molar-refractivity contribution in [2.75, 3.05) is 0 Å². The lowest BCUT2D eigenvalue weighted by molar-refractivity contribution is 0.705. The summed E-state index contributed by atoms with van der Waals surface area (Å²) in [6, 6.07) is 15.1. The molecule has 1 aliphatic heterocycles. The minimum absolute atomic E-state index is 0.0208. The Balaban J connectivity index is 0.000000204. The summed E-state index contributed by atoms with van der Waals surface area (Å²) >= 11 is 1.81. The number of aliphatic imine (C=N–C) groups is 1. The van der Waals surface area contributed by atoms with Crippen LogP contribution in [0.2, 0.25) is 0 Å². The molecular formula is C26H25N3S. The summed E-state index contributed by atoms with van der Waals surface area (Å²) in [4.78, 5) is 8.59. The van der Waals surface area contributed by atoms with E-state index in [0.29, 0.717) is 0 Å². The molecule has 2 heterocycles. The van der Waals surface area contributed by atoms with Crippen molar-refractivity contribution >= 4 is 46.0 Å². The van der Waals surface area contributed by atoms with Gasteiger partial charge in [-0.2, -0.15) is 0 Å². The van der Waals surface area contributed by atoms with Crippen molar-refractivity contribution in [3.05, 3.63) is 92.7 Å². The van der Waals surface area contributed by atoms with Crippen LogP contribution in [0.25, 0.3) is 27.9 Å². The Morgan fingerprint density at radius 2 is 1.83 bits per heavy atom. The van der Waals surface area contributed by atoms with Gasteiger partial charge in [-0.05, 0) is 43.8 Å². The maximum absolute atomic E-state index is 5.62. The highest BCUT2D eigenvalue weighted by Gasteiger charge is 2.10. The van der Waals surface area contributed by atoms with Gasteiger partial charge in [0, 0.05) is 32.8 Å². The standard InChI is InChI=1S/C19H15NS.C7H10N2/c1-12-6-5-8-14-13(2)10-16-15-7-3-4-9-17(15)21-18(16)11-20-19(12)14;1-9-7-5-3-2-4-6(7)8/h3-11H,1-2H3;2-7H,1,8H2/b13-10?,14-13+,16-10-,18-11+,20-11?,20-19+;. The molecule has 2 aromatic carbocycles. The first-order valence-electron chi connectivity index (χ1n) is 9.99. The average molecular weight is 412 g/mol. The second kappa shape index (κ2) is 8.74. The molecule has 150 valence electrons. The van der Waals surface area contributed by atoms with E-state index in [4.69, 9.17) is 10.7 Å². The highest BCUT2D eigenvalue weighted by atomic mass is 32.1. The maximum Gasteiger partial charge on any atom is 0.0862 e. The van der Waals surface area contributed by atoms with Gasteiger partial charge in [0.25, 0.3) is 0 Å². The summed E-state index contributed by atoms with van der Waals surface area (Å²) in [5.41, 5.74) is 8.11. The van der Waals surface area contributed by atoms with Crippen LogP contribution < -0.4 is 26.1 Å². The summed E-state index contributed by atoms with van der Waals surface area (Å²) < 4.78 is 2.56. The van der Waals surface area contributed by atoms with Gasteiger partial charge in [-0.15, -0.1) is 11.3 Å². The Bertz CT molecular complexity index is 1410. The molecule has 2 N–H and O–H groups in total. The lowest BCUT2D eigenvalue weighted by Crippen LogP contribution is -2.31. The molecule has 4 heteroatoms. The van der Waals surface area contributed by atoms with Gasteiger partial charge in [0.15, 0.2) is 0 Å². The first-order chi connectivity index (χ1) is 14.6. The largest absolute Gasteiger partial charge is 0.322 e. The summed E-state index contributed by atoms with van der Waals surface area (Å²) in [6.45, 7) is 7.72. The molecule has 30 heavy (non-hydrogen) atoms. The third kappa shape index (κ3) is 3.97. The van der Waals surface area contributed by atoms with Crippen molar-refractivity contribution in [2.24, 2.45) is 15.7 Å². The number of nitrogens with two attached hydrogens (primary N) is 1. The van der Waals surface area contributed by atoms with Crippen LogP contribution in [0.15, 0.2) is 76.8 Å². The molecular weight excluding hydrogens is 386 g/mol. The predicted molar refractivity (Wildman–Crippen MR) is 131 cm³/mol. The van der Waals surface area contributed by atoms with Crippen LogP contribution in [-0.2, 0) is 0 Å². The van der Waals surface area contributed by atoms with Crippen LogP contribution in [-0.4, -0.2) is 18.8 Å². The van der Waals surface area contributed by atoms with E-state index >= 15 is 0 Å². The van der Waals surface area contributed by atoms with Gasteiger partial charge in [-0.25, -0.2) is 0 Å². The number of para-hydroxylation sites is 1. The van der Waals surface area contributed by atoms with E-state index in [2.05, 4.69) is 74.1 Å². The van der Waals surface area contributed by atoms with Gasteiger partial charge in [0.1, 0.15) is 0 Å². The van der Waals surface area contributed by atoms with Gasteiger partial charge >= 0.3 is 0 Å². The molecule has 3 nitrogen and oxygen atoms in total. The Morgan fingerprint density at radius 1 is 1.03 bits per heavy atom. The summed E-state index contributed by atoms with van der Waals surface area (Å²) in [5, 5.41) is 4.94. The molecule has 2 unspecified atom stereocenters. The molecule has 2 aliphatic rings. The zero-order valence-corrected chi connectivity index (χ0v) is 18.1. The number of benzene rings is 2. The molecule has 3 aromatic rings. The van der Waals surface area contributed by atoms with E-state index in [9.17, 15) is 0 Å². The number of fused-ring (bicyclic) bond motifs is 4. The molecule has 2 atom stereocenters. The Hall–Kier alpha value is -3.08. The van der Waals surface area contributed by atoms with Crippen LogP contribution in [0.3, 0.4) is 0 Å². The minimum Gasteiger partial charge on any atom is -0.322 e. The number of hydrogen-bond acceptors (Lipinski definition) is 4. The Labute approximate surface area is 180 Å². The third-order valence-corrected chi connectivity index (χ3v) is 6.48. The molecule has 0 bridgehead atoms. The topological polar surface area (TPSA) is 50.7 Å². The molecule has 0 saturated heterocycles. The Kier molecular flexibility index (Phi) is 5.88. The Morgan fingerprint density at radius 3 is 2.60 bits per heavy atom. The fourth-order valence-corrected chi connectivity index (χ4v) is 4.75. The lowest BCUT2D eigenvalue weighted by atomic mass is 10.1. The minimum atomic E-state index is 0.0208. The SMILES string of the molecule is C=NC1C=CC=CC1N.CC1=c2/cccc(C)/c2=N\C=c2\sc3ccccc3\c2=C\1. The first kappa shape index (κ1) is 20.2. The van der Waals surface area contributed by atoms with E-state index in [1.165, 1.54) is 36.2 Å². The number of rotatable bonds is 1. The summed E-state index contributed by atoms with van der Waals surface area (Å²) in [6.07, 6.45) is 12.0. The van der Waals surface area contributed by atoms with Crippen molar-refractivity contribution in [1.82, 2.24) is 0 Å². The molecule has 0 fully saturated rings. The van der Waals surface area contributed by atoms with Gasteiger partial charge in [-0.1, -0.05) is 60.7 Å². The monoisotopic (exact) mass is 411 g/mol. The number of nitrogens with zero attached hydrogens (tertiary/aromatic N) is 2. The van der Waals surface area contributed by atoms with E-state index in [-0.39, 0.29) is 12.1 Å². The third-order valence-electron chi connectivity index (χ3n) is 5.35. The summed E-state index contributed by atoms with van der Waals surface area (Å²) in [5.74, 6) is 0. The molecule has 0 radical (unpaired) electrons. The molecule has 5 rings (SSSR count). The second-order valence-corrected chi connectivity index (χ2v) is 8.54. The summed E-state index contributed by atoms with van der Waals surface area (Å²) in [7, 11) is 0. The van der Waals surface area contributed by atoms with E-state index < -0.39 is 0 Å². The van der Waals surface area contributed by atoms with Gasteiger partial charge in [-0.3, -0.25) is 9.98 Å². The predicted octanol–water partition coefficient (Wildman–Crippen LogP) is 2.74. The number of hydrogen-bond donors (Lipinski definition) is 1. The van der Waals surface area contributed by atoms with Crippen LogP contribution >= 0.6 is 11.3 Å². The smallest absolute Gasteiger partial charge is 0.0862 e. The molecule has 0 amide bonds. The maximum atomic E-state index is 5.62. The number of allylic oxidation sites excluding steroid dienone is 2. The van der Waals surface area contributed by atoms with Crippen molar-refractivity contribution in [1.29, 1.82) is 0 Å². The van der Waals surface area contributed by atoms with E-state index in [1.54, 1.807) is 0 Å². The first-order valence-corrected chi connectivity index (χ1v) is 10.8. The van der Waals surface area contributed by atoms with Crippen LogP contribution in [0.5, 0.6) is 0 Å². The molecule has 1 aromatic heterocycles. The van der Waals surface area contributed by atoms with E-state index in [0.717, 1.165) is 5.36 Å². The van der Waals surface area contributed by atoms with Gasteiger partial charge in [0.05, 0.1) is 15.9 Å². The number of thiophene rings is 1. The van der Waals surface area contributed by atoms with Crippen molar-refractivity contribution in [3.63, 3.8) is 0 Å². The average Bonchev–Trinajstić information content (AvgIpc) is 3.09. The molecule has 0 spiro atoms. The zero-order valence-electron chi connectivity index (χ0n) is 17.2. The fourth-order valence-electron chi connectivity index (χ4n) is 3.69. The van der Waals surface area contributed by atoms with Crippen molar-refractivity contribution in [3.8, 4) is 0 Å². The number of aryl methyl sites for hydroxylation is 1. The highest BCUT2D eigenvalue weighted by molar-refractivity contribution is 7.17. The van der Waals surface area contributed by atoms with Gasteiger partial charge in [0.2, 0.25) is 0 Å². The van der Waals surface area contributed by atoms with Crippen LogP contribution in [0.4, 0.5) is 0 Å². The zero-order chi connectivity index (χ0) is 21.1. The van der Waals surface area contributed by atoms with Crippen molar-refractivity contribution in [2.45, 2.75) is 25.9 Å².